The molecule has 0 bridgehead atoms. The molecule has 20 heavy (non-hydrogen) atoms. The number of nitrogens with one attached hydrogen (secondary N) is 1. The highest BCUT2D eigenvalue weighted by Crippen LogP contribution is 2.12. The number of nitrogens with two attached hydrogens (primary N) is 1. The molecular formula is C10H9FN6O3. The molecule has 1 amide bonds. The van der Waals surface area contributed by atoms with Gasteiger partial charge in [0.1, 0.15) is 5.82 Å². The Bertz CT molecular complexity index is 671. The van der Waals surface area contributed by atoms with Gasteiger partial charge in [-0.1, -0.05) is 4.98 Å². The van der Waals surface area contributed by atoms with Crippen LogP contribution in [0.15, 0.2) is 24.5 Å². The van der Waals surface area contributed by atoms with Gasteiger partial charge in [-0.3, -0.25) is 10.2 Å². The van der Waals surface area contributed by atoms with E-state index in [0.717, 1.165) is 17.1 Å². The molecule has 0 aliphatic heterocycles. The fourth-order valence-corrected chi connectivity index (χ4v) is 1.54. The average molecular weight is 280 g/mol. The summed E-state index contributed by atoms with van der Waals surface area (Å²) in [5.74, 6) is 3.26. The van der Waals surface area contributed by atoms with Gasteiger partial charge in [0.2, 0.25) is 6.33 Å². The summed E-state index contributed by atoms with van der Waals surface area (Å²) in [6.07, 6.45) is 1.10. The van der Waals surface area contributed by atoms with Crippen LogP contribution in [0.1, 0.15) is 15.9 Å². The number of amides is 1. The van der Waals surface area contributed by atoms with Crippen molar-refractivity contribution in [3.05, 3.63) is 51.6 Å². The van der Waals surface area contributed by atoms with Crippen molar-refractivity contribution in [3.63, 3.8) is 0 Å². The number of aromatic nitrogens is 3. The minimum Gasteiger partial charge on any atom is -0.390 e. The van der Waals surface area contributed by atoms with Gasteiger partial charge in [-0.2, -0.15) is 4.68 Å². The Labute approximate surface area is 111 Å². The van der Waals surface area contributed by atoms with Gasteiger partial charge in [-0.05, 0) is 23.1 Å². The van der Waals surface area contributed by atoms with Gasteiger partial charge in [-0.15, -0.1) is 0 Å². The van der Waals surface area contributed by atoms with Crippen LogP contribution in [0.5, 0.6) is 0 Å². The molecule has 1 aromatic carbocycles. The maximum absolute atomic E-state index is 13.6. The summed E-state index contributed by atoms with van der Waals surface area (Å²) in [4.78, 5) is 24.5. The Hall–Kier alpha value is -2.88. The molecule has 0 radical (unpaired) electrons. The van der Waals surface area contributed by atoms with E-state index in [1.165, 1.54) is 12.1 Å². The highest BCUT2D eigenvalue weighted by atomic mass is 19.1. The number of hydrogen-bond acceptors (Lipinski definition) is 6. The second kappa shape index (κ2) is 5.40. The molecule has 2 rings (SSSR count). The van der Waals surface area contributed by atoms with E-state index in [4.69, 9.17) is 5.84 Å². The second-order valence-corrected chi connectivity index (χ2v) is 3.78. The number of carbonyl (C=O) groups is 1. The lowest BCUT2D eigenvalue weighted by molar-refractivity contribution is -0.394. The van der Waals surface area contributed by atoms with E-state index in [1.807, 2.05) is 5.43 Å². The predicted molar refractivity (Wildman–Crippen MR) is 63.8 cm³/mol. The van der Waals surface area contributed by atoms with E-state index in [9.17, 15) is 19.3 Å². The van der Waals surface area contributed by atoms with Crippen LogP contribution in [0.25, 0.3) is 0 Å². The molecule has 2 aromatic rings. The molecule has 3 N–H and O–H groups in total. The molecule has 1 aromatic heterocycles. The van der Waals surface area contributed by atoms with Gasteiger partial charge in [0.15, 0.2) is 0 Å². The van der Waals surface area contributed by atoms with Crippen LogP contribution in [-0.2, 0) is 6.54 Å². The zero-order chi connectivity index (χ0) is 14.7. The van der Waals surface area contributed by atoms with E-state index in [1.54, 1.807) is 0 Å². The van der Waals surface area contributed by atoms with Crippen molar-refractivity contribution in [1.29, 1.82) is 0 Å². The Balaban J connectivity index is 2.27. The minimum atomic E-state index is -0.759. The first-order valence-electron chi connectivity index (χ1n) is 5.34. The first-order valence-corrected chi connectivity index (χ1v) is 5.34. The molecule has 0 atom stereocenters. The van der Waals surface area contributed by atoms with Crippen LogP contribution in [0.2, 0.25) is 0 Å². The van der Waals surface area contributed by atoms with Gasteiger partial charge in [0, 0.05) is 16.2 Å². The standard InChI is InChI=1S/C10H9FN6O3/c11-8-2-1-6(9(18)14-12)3-7(8)4-16-5-13-10(15-16)17(19)20/h1-3,5H,4,12H2,(H,14,18). The Kier molecular flexibility index (Phi) is 3.66. The van der Waals surface area contributed by atoms with Crippen LogP contribution in [0.3, 0.4) is 0 Å². The Morgan fingerprint density at radius 2 is 2.30 bits per heavy atom. The highest BCUT2D eigenvalue weighted by molar-refractivity contribution is 5.93. The van der Waals surface area contributed by atoms with E-state index in [2.05, 4.69) is 10.1 Å². The molecule has 1 heterocycles. The topological polar surface area (TPSA) is 129 Å². The van der Waals surface area contributed by atoms with Crippen LogP contribution >= 0.6 is 0 Å². The summed E-state index contributed by atoms with van der Waals surface area (Å²) in [7, 11) is 0. The average Bonchev–Trinajstić information content (AvgIpc) is 2.89. The third-order valence-electron chi connectivity index (χ3n) is 2.46. The normalized spacial score (nSPS) is 10.3. The van der Waals surface area contributed by atoms with E-state index in [-0.39, 0.29) is 17.7 Å². The predicted octanol–water partition coefficient (Wildman–Crippen LogP) is -0.0228. The van der Waals surface area contributed by atoms with Gasteiger partial charge in [0.25, 0.3) is 5.91 Å². The van der Waals surface area contributed by atoms with Crippen LogP contribution in [0, 0.1) is 15.9 Å². The SMILES string of the molecule is NNC(=O)c1ccc(F)c(Cn2cnc([N+](=O)[O-])n2)c1. The van der Waals surface area contributed by atoms with Crippen molar-refractivity contribution < 1.29 is 14.1 Å². The zero-order valence-corrected chi connectivity index (χ0v) is 9.99. The Morgan fingerprint density at radius 3 is 2.90 bits per heavy atom. The summed E-state index contributed by atoms with van der Waals surface area (Å²) in [5.41, 5.74) is 2.22. The summed E-state index contributed by atoms with van der Waals surface area (Å²) >= 11 is 0. The molecular weight excluding hydrogens is 271 g/mol. The van der Waals surface area contributed by atoms with Crippen molar-refractivity contribution in [2.24, 2.45) is 5.84 Å². The van der Waals surface area contributed by atoms with Gasteiger partial charge in [-0.25, -0.2) is 10.2 Å². The zero-order valence-electron chi connectivity index (χ0n) is 9.99. The summed E-state index contributed by atoms with van der Waals surface area (Å²) in [6, 6.07) is 3.65. The lowest BCUT2D eigenvalue weighted by Crippen LogP contribution is -2.30. The maximum atomic E-state index is 13.6. The molecule has 0 fully saturated rings. The number of hydrazine groups is 1. The van der Waals surface area contributed by atoms with Gasteiger partial charge < -0.3 is 10.1 Å². The van der Waals surface area contributed by atoms with Crippen molar-refractivity contribution in [2.45, 2.75) is 6.54 Å². The summed E-state index contributed by atoms with van der Waals surface area (Å²) in [5, 5.41) is 14.0. The second-order valence-electron chi connectivity index (χ2n) is 3.78. The molecule has 0 unspecified atom stereocenters. The molecule has 0 saturated carbocycles. The number of hydrogen-bond donors (Lipinski definition) is 2. The number of nitrogens with zero attached hydrogens (tertiary/aromatic N) is 4. The lowest BCUT2D eigenvalue weighted by Gasteiger charge is -2.04. The minimum absolute atomic E-state index is 0.0988. The maximum Gasteiger partial charge on any atom is 0.490 e. The van der Waals surface area contributed by atoms with E-state index in [0.29, 0.717) is 0 Å². The molecule has 0 spiro atoms. The van der Waals surface area contributed by atoms with Crippen molar-refractivity contribution in [2.75, 3.05) is 0 Å². The largest absolute Gasteiger partial charge is 0.490 e. The number of halogens is 1. The Morgan fingerprint density at radius 1 is 1.55 bits per heavy atom. The molecule has 10 heteroatoms. The number of rotatable bonds is 4. The van der Waals surface area contributed by atoms with Crippen LogP contribution in [-0.4, -0.2) is 25.6 Å². The van der Waals surface area contributed by atoms with Crippen molar-refractivity contribution in [3.8, 4) is 0 Å². The third kappa shape index (κ3) is 2.75. The van der Waals surface area contributed by atoms with E-state index < -0.39 is 22.6 Å². The third-order valence-corrected chi connectivity index (χ3v) is 2.46. The number of benzene rings is 1. The van der Waals surface area contributed by atoms with Gasteiger partial charge >= 0.3 is 5.95 Å². The smallest absolute Gasteiger partial charge is 0.390 e. The monoisotopic (exact) mass is 280 g/mol. The quantitative estimate of drug-likeness (QED) is 0.350. The summed E-state index contributed by atoms with van der Waals surface area (Å²) < 4.78 is 14.7. The fraction of sp³-hybridized carbons (Fsp3) is 0.100. The number of nitro groups is 1. The lowest BCUT2D eigenvalue weighted by atomic mass is 10.1. The van der Waals surface area contributed by atoms with Gasteiger partial charge in [0.05, 0.1) is 6.54 Å². The molecule has 0 saturated heterocycles. The highest BCUT2D eigenvalue weighted by Gasteiger charge is 2.15. The molecule has 0 aliphatic rings. The summed E-state index contributed by atoms with van der Waals surface area (Å²) in [6.45, 7) is -0.0988. The molecule has 0 aliphatic carbocycles. The molecule has 104 valence electrons. The van der Waals surface area contributed by atoms with Crippen LogP contribution < -0.4 is 11.3 Å². The van der Waals surface area contributed by atoms with E-state index >= 15 is 0 Å². The number of nitrogen functional groups attached to an aromatic ring is 1. The van der Waals surface area contributed by atoms with Crippen molar-refractivity contribution in [1.82, 2.24) is 20.2 Å². The van der Waals surface area contributed by atoms with Crippen LogP contribution in [0.4, 0.5) is 10.3 Å². The first-order chi connectivity index (χ1) is 9.51. The first kappa shape index (κ1) is 13.5. The van der Waals surface area contributed by atoms with Crippen molar-refractivity contribution >= 4 is 11.9 Å². The number of carbonyl (C=O) groups excluding carboxylic acids is 1. The molecule has 9 nitrogen and oxygen atoms in total. The fourth-order valence-electron chi connectivity index (χ4n) is 1.54.